The lowest BCUT2D eigenvalue weighted by atomic mass is 9.95. The average molecular weight is 641 g/mol. The quantitative estimate of drug-likeness (QED) is 0.215. The highest BCUT2D eigenvalue weighted by Gasteiger charge is 2.38. The van der Waals surface area contributed by atoms with Crippen molar-refractivity contribution in [2.24, 2.45) is 5.92 Å². The summed E-state index contributed by atoms with van der Waals surface area (Å²) >= 11 is 1.37. The van der Waals surface area contributed by atoms with Crippen molar-refractivity contribution in [1.82, 2.24) is 9.97 Å². The molecule has 1 saturated heterocycles. The van der Waals surface area contributed by atoms with Gasteiger partial charge in [0.05, 0.1) is 18.0 Å². The Bertz CT molecular complexity index is 1610. The van der Waals surface area contributed by atoms with Gasteiger partial charge in [-0.05, 0) is 42.5 Å². The number of aliphatic carboxylic acids is 2. The fourth-order valence-electron chi connectivity index (χ4n) is 4.90. The zero-order chi connectivity index (χ0) is 32.6. The third kappa shape index (κ3) is 8.88. The number of hydrogen-bond acceptors (Lipinski definition) is 7. The molecule has 1 amide bonds. The molecule has 1 aliphatic rings. The first-order chi connectivity index (χ1) is 21.4. The summed E-state index contributed by atoms with van der Waals surface area (Å²) in [4.78, 5) is 47.1. The van der Waals surface area contributed by atoms with Crippen LogP contribution in [-0.4, -0.2) is 64.3 Å². The summed E-state index contributed by atoms with van der Waals surface area (Å²) in [5.41, 5.74) is 4.68. The summed E-state index contributed by atoms with van der Waals surface area (Å²) in [5, 5.41) is 19.0. The number of carboxylic acids is 2. The molecule has 9 nitrogen and oxygen atoms in total. The SMILES string of the molecule is CN(C(=O)C(CC(=O)O)Cc1ccccc1)c1nc(-c2ccccc2-c2ccc(N3CCCC3)nc2)cs1.O=C(O)C(F)(F)F. The molecule has 4 aromatic rings. The van der Waals surface area contributed by atoms with Crippen molar-refractivity contribution in [2.45, 2.75) is 31.9 Å². The van der Waals surface area contributed by atoms with E-state index in [4.69, 9.17) is 19.9 Å². The lowest BCUT2D eigenvalue weighted by molar-refractivity contribution is -0.192. The van der Waals surface area contributed by atoms with Gasteiger partial charge in [-0.1, -0.05) is 54.6 Å². The summed E-state index contributed by atoms with van der Waals surface area (Å²) < 4.78 is 31.7. The molecule has 0 radical (unpaired) electrons. The van der Waals surface area contributed by atoms with Gasteiger partial charge in [0, 0.05) is 42.8 Å². The Morgan fingerprint density at radius 2 is 1.58 bits per heavy atom. The average Bonchev–Trinajstić information content (AvgIpc) is 3.74. The standard InChI is InChI=1S/C30H30N4O3S.C2HF3O2/c1-33(29(37)23(18-28(35)36)17-21-9-3-2-4-10-21)30-32-26(20-38-30)25-12-6-5-11-24(25)22-13-14-27(31-19-22)34-15-7-8-16-34;3-2(4,5)1(6)7/h2-6,9-14,19-20,23H,7-8,15-18H2,1H3,(H,35,36);(H,6,7). The van der Waals surface area contributed by atoms with E-state index in [1.165, 1.54) is 29.1 Å². The number of carbonyl (C=O) groups excluding carboxylic acids is 1. The van der Waals surface area contributed by atoms with Crippen molar-refractivity contribution in [2.75, 3.05) is 29.9 Å². The van der Waals surface area contributed by atoms with Gasteiger partial charge in [-0.2, -0.15) is 13.2 Å². The van der Waals surface area contributed by atoms with E-state index < -0.39 is 24.0 Å². The van der Waals surface area contributed by atoms with E-state index in [0.29, 0.717) is 11.6 Å². The van der Waals surface area contributed by atoms with E-state index in [-0.39, 0.29) is 12.3 Å². The second-order valence-corrected chi connectivity index (χ2v) is 11.2. The molecule has 2 aromatic carbocycles. The highest BCUT2D eigenvalue weighted by molar-refractivity contribution is 7.14. The van der Waals surface area contributed by atoms with Gasteiger partial charge in [0.25, 0.3) is 0 Å². The second-order valence-electron chi connectivity index (χ2n) is 10.3. The van der Waals surface area contributed by atoms with E-state index in [1.807, 2.05) is 60.1 Å². The smallest absolute Gasteiger partial charge is 0.481 e. The number of hydrogen-bond donors (Lipinski definition) is 2. The lowest BCUT2D eigenvalue weighted by Crippen LogP contribution is -2.35. The van der Waals surface area contributed by atoms with Crippen LogP contribution in [-0.2, 0) is 20.8 Å². The fourth-order valence-corrected chi connectivity index (χ4v) is 5.70. The summed E-state index contributed by atoms with van der Waals surface area (Å²) in [5.74, 6) is -3.68. The minimum Gasteiger partial charge on any atom is -0.481 e. The van der Waals surface area contributed by atoms with Crippen LogP contribution in [0.3, 0.4) is 0 Å². The highest BCUT2D eigenvalue weighted by atomic mass is 32.1. The number of thiazole rings is 1. The molecule has 1 aliphatic heterocycles. The molecule has 1 fully saturated rings. The maximum Gasteiger partial charge on any atom is 0.490 e. The van der Waals surface area contributed by atoms with Crippen molar-refractivity contribution in [1.29, 1.82) is 0 Å². The number of carbonyl (C=O) groups is 3. The number of anilines is 2. The van der Waals surface area contributed by atoms with Crippen molar-refractivity contribution in [3.63, 3.8) is 0 Å². The third-order valence-corrected chi connectivity index (χ3v) is 8.06. The number of alkyl halides is 3. The number of rotatable bonds is 9. The predicted octanol–water partition coefficient (Wildman–Crippen LogP) is 6.40. The van der Waals surface area contributed by atoms with Crippen molar-refractivity contribution in [3.05, 3.63) is 83.9 Å². The van der Waals surface area contributed by atoms with E-state index in [2.05, 4.69) is 23.1 Å². The van der Waals surface area contributed by atoms with E-state index >= 15 is 0 Å². The maximum atomic E-state index is 13.4. The largest absolute Gasteiger partial charge is 0.490 e. The van der Waals surface area contributed by atoms with Crippen LogP contribution in [0.1, 0.15) is 24.8 Å². The van der Waals surface area contributed by atoms with Gasteiger partial charge < -0.3 is 15.1 Å². The zero-order valence-corrected chi connectivity index (χ0v) is 25.1. The third-order valence-electron chi connectivity index (χ3n) is 7.14. The molecule has 3 heterocycles. The number of halogens is 3. The van der Waals surface area contributed by atoms with Gasteiger partial charge in [0.15, 0.2) is 5.13 Å². The molecule has 45 heavy (non-hydrogen) atoms. The Morgan fingerprint density at radius 3 is 2.16 bits per heavy atom. The summed E-state index contributed by atoms with van der Waals surface area (Å²) in [7, 11) is 1.66. The first-order valence-corrected chi connectivity index (χ1v) is 14.9. The Morgan fingerprint density at radius 1 is 0.956 bits per heavy atom. The lowest BCUT2D eigenvalue weighted by Gasteiger charge is -2.21. The Kier molecular flexibility index (Phi) is 10.9. The molecule has 2 aromatic heterocycles. The maximum absolute atomic E-state index is 13.4. The van der Waals surface area contributed by atoms with Crippen LogP contribution in [0.15, 0.2) is 78.3 Å². The number of aromatic nitrogens is 2. The molecule has 2 N–H and O–H groups in total. The summed E-state index contributed by atoms with van der Waals surface area (Å²) in [6, 6.07) is 21.7. The molecule has 236 valence electrons. The number of carboxylic acid groups (broad SMARTS) is 2. The molecule has 5 rings (SSSR count). The van der Waals surface area contributed by atoms with Crippen molar-refractivity contribution in [3.8, 4) is 22.4 Å². The Hall–Kier alpha value is -4.78. The van der Waals surface area contributed by atoms with Crippen LogP contribution in [0.2, 0.25) is 0 Å². The van der Waals surface area contributed by atoms with Crippen LogP contribution in [0, 0.1) is 5.92 Å². The van der Waals surface area contributed by atoms with Gasteiger partial charge in [0.2, 0.25) is 5.91 Å². The molecule has 0 spiro atoms. The van der Waals surface area contributed by atoms with Gasteiger partial charge in [-0.3, -0.25) is 14.5 Å². The first kappa shape index (κ1) is 33.1. The van der Waals surface area contributed by atoms with Crippen LogP contribution in [0.5, 0.6) is 0 Å². The van der Waals surface area contributed by atoms with Gasteiger partial charge in [0.1, 0.15) is 5.82 Å². The number of nitrogens with zero attached hydrogens (tertiary/aromatic N) is 4. The van der Waals surface area contributed by atoms with Crippen LogP contribution in [0.25, 0.3) is 22.4 Å². The van der Waals surface area contributed by atoms with Gasteiger partial charge in [-0.25, -0.2) is 14.8 Å². The first-order valence-electron chi connectivity index (χ1n) is 14.0. The molecular formula is C32H31F3N4O5S. The Labute approximate surface area is 261 Å². The minimum atomic E-state index is -5.08. The molecular weight excluding hydrogens is 609 g/mol. The topological polar surface area (TPSA) is 124 Å². The number of amides is 1. The van der Waals surface area contributed by atoms with E-state index in [1.54, 1.807) is 7.05 Å². The van der Waals surface area contributed by atoms with Gasteiger partial charge >= 0.3 is 18.1 Å². The van der Waals surface area contributed by atoms with Crippen LogP contribution < -0.4 is 9.80 Å². The molecule has 1 unspecified atom stereocenters. The van der Waals surface area contributed by atoms with Crippen LogP contribution >= 0.6 is 11.3 Å². The normalized spacial score (nSPS) is 13.5. The molecule has 0 bridgehead atoms. The minimum absolute atomic E-state index is 0.237. The molecule has 13 heteroatoms. The molecule has 0 saturated carbocycles. The van der Waals surface area contributed by atoms with Crippen molar-refractivity contribution < 1.29 is 37.8 Å². The van der Waals surface area contributed by atoms with E-state index in [9.17, 15) is 27.9 Å². The van der Waals surface area contributed by atoms with Gasteiger partial charge in [-0.15, -0.1) is 11.3 Å². The number of pyridine rings is 1. The van der Waals surface area contributed by atoms with Crippen molar-refractivity contribution >= 4 is 40.1 Å². The monoisotopic (exact) mass is 640 g/mol. The number of benzene rings is 2. The summed E-state index contributed by atoms with van der Waals surface area (Å²) in [6.07, 6.45) is -0.635. The zero-order valence-electron chi connectivity index (χ0n) is 24.3. The Balaban J connectivity index is 0.000000591. The van der Waals surface area contributed by atoms with E-state index in [0.717, 1.165) is 46.9 Å². The summed E-state index contributed by atoms with van der Waals surface area (Å²) in [6.45, 7) is 2.10. The predicted molar refractivity (Wildman–Crippen MR) is 165 cm³/mol. The van der Waals surface area contributed by atoms with Crippen LogP contribution in [0.4, 0.5) is 24.1 Å². The molecule has 0 aliphatic carbocycles. The highest BCUT2D eigenvalue weighted by Crippen LogP contribution is 2.35. The molecule has 1 atom stereocenters. The fraction of sp³-hybridized carbons (Fsp3) is 0.281. The second kappa shape index (κ2) is 14.8.